The predicted molar refractivity (Wildman–Crippen MR) is 48.0 cm³/mol. The summed E-state index contributed by atoms with van der Waals surface area (Å²) in [6.07, 6.45) is 4.07. The maximum absolute atomic E-state index is 12.7. The van der Waals surface area contributed by atoms with Crippen molar-refractivity contribution in [3.8, 4) is 0 Å². The zero-order valence-corrected chi connectivity index (χ0v) is 7.11. The molecule has 0 atom stereocenters. The zero-order valence-electron chi connectivity index (χ0n) is 7.11. The Kier molecular flexibility index (Phi) is 4.93. The normalized spacial score (nSPS) is 13.8. The third-order valence-corrected chi connectivity index (χ3v) is 1.39. The van der Waals surface area contributed by atoms with E-state index < -0.39 is 11.7 Å². The van der Waals surface area contributed by atoms with Gasteiger partial charge in [0.05, 0.1) is 0 Å². The van der Waals surface area contributed by atoms with E-state index >= 15 is 0 Å². The van der Waals surface area contributed by atoms with E-state index in [0.717, 1.165) is 12.2 Å². The van der Waals surface area contributed by atoms with Gasteiger partial charge in [-0.05, 0) is 24.1 Å². The largest absolute Gasteiger partial charge is 0.204 e. The minimum Gasteiger partial charge on any atom is -0.204 e. The molecule has 0 aliphatic heterocycles. The molecule has 0 heterocycles. The summed E-state index contributed by atoms with van der Waals surface area (Å²) in [5, 5.41) is 0. The summed E-state index contributed by atoms with van der Waals surface area (Å²) in [5.74, 6) is -1.84. The van der Waals surface area contributed by atoms with Crippen molar-refractivity contribution in [2.45, 2.75) is 13.3 Å². The van der Waals surface area contributed by atoms with E-state index in [0.29, 0.717) is 12.0 Å². The third-order valence-electron chi connectivity index (χ3n) is 1.39. The van der Waals surface area contributed by atoms with E-state index in [1.807, 2.05) is 6.92 Å². The first-order valence-corrected chi connectivity index (χ1v) is 3.66. The summed E-state index contributed by atoms with van der Waals surface area (Å²) in [7, 11) is 0. The molecule has 0 bridgehead atoms. The van der Waals surface area contributed by atoms with E-state index in [9.17, 15) is 8.78 Å². The van der Waals surface area contributed by atoms with Gasteiger partial charge in [-0.1, -0.05) is 26.2 Å². The van der Waals surface area contributed by atoms with Gasteiger partial charge in [0.15, 0.2) is 11.7 Å². The molecule has 0 aromatic heterocycles. The molecule has 0 nitrogen and oxygen atoms in total. The van der Waals surface area contributed by atoms with Crippen molar-refractivity contribution in [3.05, 3.63) is 48.6 Å². The number of halogens is 2. The van der Waals surface area contributed by atoms with Gasteiger partial charge in [-0.2, -0.15) is 0 Å². The summed E-state index contributed by atoms with van der Waals surface area (Å²) in [6.45, 7) is 8.42. The van der Waals surface area contributed by atoms with Crippen molar-refractivity contribution in [3.63, 3.8) is 0 Å². The molecule has 2 heteroatoms. The summed E-state index contributed by atoms with van der Waals surface area (Å²) in [6, 6.07) is 0. The Bertz CT molecular complexity index is 234. The lowest BCUT2D eigenvalue weighted by Crippen LogP contribution is -1.77. The minimum absolute atomic E-state index is 0.626. The molecule has 0 fully saturated rings. The summed E-state index contributed by atoms with van der Waals surface area (Å²) < 4.78 is 25.2. The maximum Gasteiger partial charge on any atom is 0.159 e. The first kappa shape index (κ1) is 10.8. The fourth-order valence-corrected chi connectivity index (χ4v) is 0.635. The van der Waals surface area contributed by atoms with Crippen LogP contribution in [0.5, 0.6) is 0 Å². The topological polar surface area (TPSA) is 0 Å². The monoisotopic (exact) mass is 170 g/mol. The molecule has 66 valence electrons. The van der Waals surface area contributed by atoms with Gasteiger partial charge in [0.2, 0.25) is 0 Å². The van der Waals surface area contributed by atoms with Crippen LogP contribution < -0.4 is 0 Å². The van der Waals surface area contributed by atoms with Gasteiger partial charge in [0.25, 0.3) is 0 Å². The average molecular weight is 170 g/mol. The first-order chi connectivity index (χ1) is 5.65. The highest BCUT2D eigenvalue weighted by Gasteiger charge is 1.98. The Morgan fingerprint density at radius 3 is 2.08 bits per heavy atom. The van der Waals surface area contributed by atoms with Crippen molar-refractivity contribution < 1.29 is 8.78 Å². The SMILES string of the molecule is C=C/C(=C\C(F)=C(\F)C=C)CC. The van der Waals surface area contributed by atoms with E-state index in [4.69, 9.17) is 0 Å². The Morgan fingerprint density at radius 2 is 1.75 bits per heavy atom. The lowest BCUT2D eigenvalue weighted by molar-refractivity contribution is 0.572. The summed E-state index contributed by atoms with van der Waals surface area (Å²) in [5.41, 5.74) is 0.657. The van der Waals surface area contributed by atoms with Gasteiger partial charge in [0, 0.05) is 0 Å². The van der Waals surface area contributed by atoms with Crippen LogP contribution in [0.4, 0.5) is 8.78 Å². The molecule has 0 aliphatic carbocycles. The number of hydrogen-bond donors (Lipinski definition) is 0. The zero-order chi connectivity index (χ0) is 9.56. The van der Waals surface area contributed by atoms with Crippen molar-refractivity contribution in [1.29, 1.82) is 0 Å². The highest BCUT2D eigenvalue weighted by atomic mass is 19.2. The molecule has 0 aromatic rings. The van der Waals surface area contributed by atoms with Crippen molar-refractivity contribution >= 4 is 0 Å². The van der Waals surface area contributed by atoms with E-state index in [2.05, 4.69) is 13.2 Å². The molecule has 0 spiro atoms. The minimum atomic E-state index is -0.942. The summed E-state index contributed by atoms with van der Waals surface area (Å²) in [4.78, 5) is 0. The lowest BCUT2D eigenvalue weighted by Gasteiger charge is -1.94. The molecule has 0 saturated heterocycles. The fraction of sp³-hybridized carbons (Fsp3) is 0.200. The average Bonchev–Trinajstić information content (AvgIpc) is 2.12. The van der Waals surface area contributed by atoms with Crippen LogP contribution in [0, 0.1) is 0 Å². The highest BCUT2D eigenvalue weighted by molar-refractivity contribution is 5.29. The molecule has 0 N–H and O–H groups in total. The Morgan fingerprint density at radius 1 is 1.17 bits per heavy atom. The number of rotatable bonds is 4. The quantitative estimate of drug-likeness (QED) is 0.562. The van der Waals surface area contributed by atoms with Gasteiger partial charge >= 0.3 is 0 Å². The second-order valence-corrected chi connectivity index (χ2v) is 2.18. The van der Waals surface area contributed by atoms with Gasteiger partial charge in [0.1, 0.15) is 0 Å². The Labute approximate surface area is 71.6 Å². The Balaban J connectivity index is 4.71. The molecule has 0 aliphatic rings. The van der Waals surface area contributed by atoms with Crippen molar-refractivity contribution in [1.82, 2.24) is 0 Å². The molecular weight excluding hydrogens is 158 g/mol. The van der Waals surface area contributed by atoms with E-state index in [1.165, 1.54) is 6.08 Å². The molecule has 12 heavy (non-hydrogen) atoms. The first-order valence-electron chi connectivity index (χ1n) is 3.66. The van der Waals surface area contributed by atoms with Crippen LogP contribution in [0.1, 0.15) is 13.3 Å². The van der Waals surface area contributed by atoms with Gasteiger partial charge < -0.3 is 0 Å². The molecule has 0 aromatic carbocycles. The molecular formula is C10H12F2. The molecule has 0 saturated carbocycles. The predicted octanol–water partition coefficient (Wildman–Crippen LogP) is 3.85. The third kappa shape index (κ3) is 3.28. The lowest BCUT2D eigenvalue weighted by atomic mass is 10.2. The molecule has 0 radical (unpaired) electrons. The molecule has 0 rings (SSSR count). The van der Waals surface area contributed by atoms with E-state index in [1.54, 1.807) is 0 Å². The maximum atomic E-state index is 12.7. The number of allylic oxidation sites excluding steroid dienone is 6. The van der Waals surface area contributed by atoms with Crippen LogP contribution >= 0.6 is 0 Å². The smallest absolute Gasteiger partial charge is 0.159 e. The molecule has 0 unspecified atom stereocenters. The second-order valence-electron chi connectivity index (χ2n) is 2.18. The van der Waals surface area contributed by atoms with Crippen molar-refractivity contribution in [2.24, 2.45) is 0 Å². The van der Waals surface area contributed by atoms with Crippen LogP contribution in [-0.2, 0) is 0 Å². The standard InChI is InChI=1S/C10H12F2/c1-4-8(5-2)7-10(12)9(11)6-3/h4,6-7H,1,3,5H2,2H3/b8-7+,10-9-. The van der Waals surface area contributed by atoms with Crippen LogP contribution in [0.15, 0.2) is 48.6 Å². The number of hydrogen-bond acceptors (Lipinski definition) is 0. The van der Waals surface area contributed by atoms with Crippen LogP contribution in [-0.4, -0.2) is 0 Å². The van der Waals surface area contributed by atoms with Crippen LogP contribution in [0.25, 0.3) is 0 Å². The van der Waals surface area contributed by atoms with Crippen molar-refractivity contribution in [2.75, 3.05) is 0 Å². The molecule has 0 amide bonds. The van der Waals surface area contributed by atoms with E-state index in [-0.39, 0.29) is 0 Å². The van der Waals surface area contributed by atoms with Crippen LogP contribution in [0.2, 0.25) is 0 Å². The van der Waals surface area contributed by atoms with Gasteiger partial charge in [-0.3, -0.25) is 0 Å². The second kappa shape index (κ2) is 5.47. The van der Waals surface area contributed by atoms with Crippen LogP contribution in [0.3, 0.4) is 0 Å². The fourth-order valence-electron chi connectivity index (χ4n) is 0.635. The highest BCUT2D eigenvalue weighted by Crippen LogP contribution is 2.14. The Hall–Kier alpha value is -1.18. The van der Waals surface area contributed by atoms with Gasteiger partial charge in [-0.25, -0.2) is 8.78 Å². The van der Waals surface area contributed by atoms with Gasteiger partial charge in [-0.15, -0.1) is 0 Å². The summed E-state index contributed by atoms with van der Waals surface area (Å²) >= 11 is 0.